The van der Waals surface area contributed by atoms with Crippen molar-refractivity contribution >= 4 is 13.1 Å². The highest BCUT2D eigenvalue weighted by molar-refractivity contribution is 7.62. The number of carboxylic acid groups (broad SMARTS) is 1. The maximum absolute atomic E-state index is 11.4. The van der Waals surface area contributed by atoms with Crippen molar-refractivity contribution in [2.75, 3.05) is 32.6 Å². The maximum atomic E-state index is 11.4. The van der Waals surface area contributed by atoms with Gasteiger partial charge in [0.1, 0.15) is 0 Å². The predicted octanol–water partition coefficient (Wildman–Crippen LogP) is 1.85. The number of rotatable bonds is 2. The molecule has 1 heterocycles. The second kappa shape index (κ2) is 5.40. The van der Waals surface area contributed by atoms with E-state index in [1.54, 1.807) is 0 Å². The normalized spacial score (nSPS) is 18.7. The van der Waals surface area contributed by atoms with Gasteiger partial charge in [-0.05, 0) is 18.7 Å². The van der Waals surface area contributed by atoms with Crippen molar-refractivity contribution in [3.05, 3.63) is 0 Å². The molecular weight excluding hydrogens is 258 g/mol. The molecule has 8 heteroatoms. The van der Waals surface area contributed by atoms with E-state index in [1.165, 1.54) is 0 Å². The van der Waals surface area contributed by atoms with Gasteiger partial charge in [-0.2, -0.15) is 13.2 Å². The molecule has 0 amide bonds. The van der Waals surface area contributed by atoms with Crippen molar-refractivity contribution < 1.29 is 27.6 Å². The number of nitrogens with one attached hydrogen (secondary N) is 1. The Hall–Kier alpha value is -0.550. The largest absolute Gasteiger partial charge is 0.490 e. The van der Waals surface area contributed by atoms with Gasteiger partial charge in [-0.15, -0.1) is 0 Å². The Morgan fingerprint density at radius 1 is 1.41 bits per heavy atom. The van der Waals surface area contributed by atoms with Crippen LogP contribution in [-0.2, 0) is 9.36 Å². The van der Waals surface area contributed by atoms with Crippen LogP contribution in [0.4, 0.5) is 13.2 Å². The van der Waals surface area contributed by atoms with Crippen molar-refractivity contribution in [2.24, 2.45) is 5.41 Å². The lowest BCUT2D eigenvalue weighted by atomic mass is 9.87. The molecule has 1 aliphatic heterocycles. The molecule has 0 aromatic carbocycles. The lowest BCUT2D eigenvalue weighted by molar-refractivity contribution is -0.192. The van der Waals surface area contributed by atoms with Crippen LogP contribution in [0.3, 0.4) is 0 Å². The first-order valence-electron chi connectivity index (χ1n) is 4.91. The van der Waals surface area contributed by atoms with Crippen LogP contribution < -0.4 is 5.32 Å². The average molecular weight is 275 g/mol. The molecule has 0 saturated carbocycles. The molecule has 0 aromatic rings. The minimum Gasteiger partial charge on any atom is -0.475 e. The molecular formula is C9H17F3NO3P. The predicted molar refractivity (Wildman–Crippen MR) is 59.0 cm³/mol. The number of hydrogen-bond donors (Lipinski definition) is 2. The van der Waals surface area contributed by atoms with Gasteiger partial charge in [0, 0.05) is 19.3 Å². The summed E-state index contributed by atoms with van der Waals surface area (Å²) in [5.41, 5.74) is 0.332. The zero-order valence-electron chi connectivity index (χ0n) is 9.97. The summed E-state index contributed by atoms with van der Waals surface area (Å²) in [7, 11) is -1.79. The van der Waals surface area contributed by atoms with Crippen LogP contribution in [-0.4, -0.2) is 49.8 Å². The molecule has 0 aliphatic carbocycles. The first-order chi connectivity index (χ1) is 7.36. The summed E-state index contributed by atoms with van der Waals surface area (Å²) in [6.07, 6.45) is -4.19. The van der Waals surface area contributed by atoms with Crippen LogP contribution in [0.5, 0.6) is 0 Å². The summed E-state index contributed by atoms with van der Waals surface area (Å²) >= 11 is 0. The highest BCUT2D eigenvalue weighted by Gasteiger charge is 2.38. The zero-order valence-corrected chi connectivity index (χ0v) is 10.9. The number of alkyl halides is 3. The van der Waals surface area contributed by atoms with E-state index >= 15 is 0 Å². The molecule has 1 aliphatic rings. The van der Waals surface area contributed by atoms with Crippen LogP contribution in [0.2, 0.25) is 0 Å². The van der Waals surface area contributed by atoms with Crippen LogP contribution in [0.1, 0.15) is 6.92 Å². The molecule has 1 saturated heterocycles. The van der Waals surface area contributed by atoms with Gasteiger partial charge in [-0.25, -0.2) is 4.79 Å². The molecule has 2 N–H and O–H groups in total. The SMILES string of the molecule is CC1(CP(C)(C)=O)CNC1.O=C(O)C(F)(F)F. The minimum atomic E-state index is -5.08. The summed E-state index contributed by atoms with van der Waals surface area (Å²) in [5.74, 6) is -2.76. The van der Waals surface area contributed by atoms with Gasteiger partial charge >= 0.3 is 12.1 Å². The highest BCUT2D eigenvalue weighted by Crippen LogP contribution is 2.44. The van der Waals surface area contributed by atoms with Crippen LogP contribution in [0.25, 0.3) is 0 Å². The summed E-state index contributed by atoms with van der Waals surface area (Å²) in [4.78, 5) is 8.90. The van der Waals surface area contributed by atoms with Crippen molar-refractivity contribution in [3.8, 4) is 0 Å². The van der Waals surface area contributed by atoms with Crippen LogP contribution in [0, 0.1) is 5.41 Å². The number of hydrogen-bond acceptors (Lipinski definition) is 3. The van der Waals surface area contributed by atoms with E-state index in [4.69, 9.17) is 9.90 Å². The van der Waals surface area contributed by atoms with E-state index in [1.807, 2.05) is 13.3 Å². The Labute approximate surface area is 98.0 Å². The van der Waals surface area contributed by atoms with Crippen molar-refractivity contribution in [1.29, 1.82) is 0 Å². The molecule has 0 aromatic heterocycles. The summed E-state index contributed by atoms with van der Waals surface area (Å²) in [6.45, 7) is 8.02. The summed E-state index contributed by atoms with van der Waals surface area (Å²) in [5, 5.41) is 10.3. The zero-order chi connectivity index (χ0) is 13.9. The fourth-order valence-corrected chi connectivity index (χ4v) is 3.65. The Balaban J connectivity index is 0.000000325. The van der Waals surface area contributed by atoms with Gasteiger partial charge in [0.15, 0.2) is 0 Å². The Morgan fingerprint density at radius 3 is 1.82 bits per heavy atom. The van der Waals surface area contributed by atoms with Gasteiger partial charge in [0.2, 0.25) is 0 Å². The van der Waals surface area contributed by atoms with Gasteiger partial charge in [-0.1, -0.05) is 6.92 Å². The molecule has 0 spiro atoms. The van der Waals surface area contributed by atoms with E-state index in [9.17, 15) is 17.7 Å². The molecule has 1 fully saturated rings. The van der Waals surface area contributed by atoms with E-state index < -0.39 is 19.3 Å². The number of carboxylic acids is 1. The number of carbonyl (C=O) groups is 1. The fraction of sp³-hybridized carbons (Fsp3) is 0.889. The topological polar surface area (TPSA) is 66.4 Å². The lowest BCUT2D eigenvalue weighted by Crippen LogP contribution is -2.53. The third-order valence-electron chi connectivity index (χ3n) is 2.11. The molecule has 102 valence electrons. The van der Waals surface area contributed by atoms with Gasteiger partial charge < -0.3 is 15.0 Å². The van der Waals surface area contributed by atoms with Crippen LogP contribution in [0.15, 0.2) is 0 Å². The van der Waals surface area contributed by atoms with E-state index in [0.717, 1.165) is 19.3 Å². The second-order valence-corrected chi connectivity index (χ2v) is 8.41. The Kier molecular flexibility index (Phi) is 5.22. The molecule has 0 bridgehead atoms. The minimum absolute atomic E-state index is 0.332. The van der Waals surface area contributed by atoms with Crippen LogP contribution >= 0.6 is 7.14 Å². The second-order valence-electron chi connectivity index (χ2n) is 4.95. The van der Waals surface area contributed by atoms with E-state index in [0.29, 0.717) is 5.41 Å². The highest BCUT2D eigenvalue weighted by atomic mass is 31.2. The number of aliphatic carboxylic acids is 1. The molecule has 17 heavy (non-hydrogen) atoms. The smallest absolute Gasteiger partial charge is 0.475 e. The Morgan fingerprint density at radius 2 is 1.76 bits per heavy atom. The Bertz CT molecular complexity index is 320. The van der Waals surface area contributed by atoms with Gasteiger partial charge in [-0.3, -0.25) is 0 Å². The first kappa shape index (κ1) is 16.4. The summed E-state index contributed by atoms with van der Waals surface area (Å²) in [6, 6.07) is 0. The maximum Gasteiger partial charge on any atom is 0.490 e. The first-order valence-corrected chi connectivity index (χ1v) is 7.69. The lowest BCUT2D eigenvalue weighted by Gasteiger charge is -2.40. The monoisotopic (exact) mass is 275 g/mol. The fourth-order valence-electron chi connectivity index (χ4n) is 1.58. The summed E-state index contributed by atoms with van der Waals surface area (Å²) < 4.78 is 43.1. The van der Waals surface area contributed by atoms with E-state index in [2.05, 4.69) is 12.2 Å². The third kappa shape index (κ3) is 7.39. The molecule has 1 rings (SSSR count). The van der Waals surface area contributed by atoms with Gasteiger partial charge in [0.05, 0.1) is 7.14 Å². The third-order valence-corrected chi connectivity index (χ3v) is 3.63. The van der Waals surface area contributed by atoms with Crippen molar-refractivity contribution in [2.45, 2.75) is 13.1 Å². The standard InChI is InChI=1S/C7H16NOP.C2HF3O2/c1-7(4-8-5-7)6-10(2,3)9;3-2(4,5)1(6)7/h8H,4-6H2,1-3H3;(H,6,7). The van der Waals surface area contributed by atoms with E-state index in [-0.39, 0.29) is 0 Å². The van der Waals surface area contributed by atoms with Crippen molar-refractivity contribution in [3.63, 3.8) is 0 Å². The van der Waals surface area contributed by atoms with Gasteiger partial charge in [0.25, 0.3) is 0 Å². The molecule has 0 unspecified atom stereocenters. The number of halogens is 3. The quantitative estimate of drug-likeness (QED) is 0.755. The molecule has 0 radical (unpaired) electrons. The van der Waals surface area contributed by atoms with Crippen molar-refractivity contribution in [1.82, 2.24) is 5.32 Å². The average Bonchev–Trinajstić information content (AvgIpc) is 1.97. The molecule has 4 nitrogen and oxygen atoms in total. The molecule has 0 atom stereocenters.